The molecule has 0 atom stereocenters. The largest absolute Gasteiger partial charge is 0.0741 e. The molecule has 1 aliphatic rings. The molecule has 0 aromatic carbocycles. The summed E-state index contributed by atoms with van der Waals surface area (Å²) in [6.07, 6.45) is 9.80. The Morgan fingerprint density at radius 3 is 2.45 bits per heavy atom. The molecule has 0 spiro atoms. The van der Waals surface area contributed by atoms with E-state index in [0.717, 1.165) is 0 Å². The number of rotatable bonds is 5. The molecule has 1 rings (SSSR count). The number of hydrogen-bond acceptors (Lipinski definition) is 0. The Balaban J connectivity index is 1.98. The molecule has 0 saturated heterocycles. The van der Waals surface area contributed by atoms with E-state index in [1.165, 1.54) is 44.9 Å². The molecular formula is C11H20. The zero-order chi connectivity index (χ0) is 8.10. The van der Waals surface area contributed by atoms with Crippen molar-refractivity contribution in [1.29, 1.82) is 0 Å². The van der Waals surface area contributed by atoms with Gasteiger partial charge in [-0.1, -0.05) is 37.3 Å². The van der Waals surface area contributed by atoms with E-state index in [0.29, 0.717) is 0 Å². The molecule has 0 radical (unpaired) electrons. The monoisotopic (exact) mass is 152 g/mol. The van der Waals surface area contributed by atoms with Crippen molar-refractivity contribution < 1.29 is 0 Å². The molecule has 0 nitrogen and oxygen atoms in total. The molecule has 0 aliphatic heterocycles. The summed E-state index contributed by atoms with van der Waals surface area (Å²) in [5, 5.41) is 0. The van der Waals surface area contributed by atoms with Crippen LogP contribution in [0.4, 0.5) is 0 Å². The van der Waals surface area contributed by atoms with E-state index in [1.807, 2.05) is 0 Å². The van der Waals surface area contributed by atoms with Gasteiger partial charge in [-0.2, -0.15) is 0 Å². The summed E-state index contributed by atoms with van der Waals surface area (Å²) in [7, 11) is 0. The first-order valence-corrected chi connectivity index (χ1v) is 5.02. The zero-order valence-electron chi connectivity index (χ0n) is 7.95. The SMILES string of the molecule is CCCCCCC(C)=C1CC1. The maximum atomic E-state index is 2.31. The first kappa shape index (κ1) is 8.83. The van der Waals surface area contributed by atoms with Crippen LogP contribution in [0.3, 0.4) is 0 Å². The van der Waals surface area contributed by atoms with Crippen molar-refractivity contribution in [3.63, 3.8) is 0 Å². The highest BCUT2D eigenvalue weighted by atomic mass is 14.2. The molecule has 0 amide bonds. The van der Waals surface area contributed by atoms with Crippen molar-refractivity contribution in [3.8, 4) is 0 Å². The van der Waals surface area contributed by atoms with Gasteiger partial charge < -0.3 is 0 Å². The van der Waals surface area contributed by atoms with Gasteiger partial charge in [0, 0.05) is 0 Å². The van der Waals surface area contributed by atoms with Crippen LogP contribution < -0.4 is 0 Å². The van der Waals surface area contributed by atoms with Crippen LogP contribution >= 0.6 is 0 Å². The molecule has 1 aliphatic carbocycles. The minimum Gasteiger partial charge on any atom is -0.0741 e. The minimum absolute atomic E-state index is 1.36. The highest BCUT2D eigenvalue weighted by molar-refractivity contribution is 5.23. The molecule has 1 fully saturated rings. The highest BCUT2D eigenvalue weighted by Gasteiger charge is 2.13. The number of allylic oxidation sites excluding steroid dienone is 2. The summed E-state index contributed by atoms with van der Waals surface area (Å²) in [5.41, 5.74) is 3.45. The topological polar surface area (TPSA) is 0 Å². The lowest BCUT2D eigenvalue weighted by molar-refractivity contribution is 0.663. The van der Waals surface area contributed by atoms with E-state index in [9.17, 15) is 0 Å². The minimum atomic E-state index is 1.36. The van der Waals surface area contributed by atoms with Gasteiger partial charge in [-0.05, 0) is 32.6 Å². The van der Waals surface area contributed by atoms with Crippen LogP contribution in [-0.4, -0.2) is 0 Å². The fourth-order valence-corrected chi connectivity index (χ4v) is 1.48. The van der Waals surface area contributed by atoms with Crippen molar-refractivity contribution in [2.75, 3.05) is 0 Å². The summed E-state index contributed by atoms with van der Waals surface area (Å²) in [6, 6.07) is 0. The van der Waals surface area contributed by atoms with Gasteiger partial charge in [-0.25, -0.2) is 0 Å². The molecule has 0 aromatic heterocycles. The third-order valence-electron chi connectivity index (χ3n) is 2.51. The van der Waals surface area contributed by atoms with Crippen LogP contribution in [0.15, 0.2) is 11.1 Å². The lowest BCUT2D eigenvalue weighted by atomic mass is 10.1. The van der Waals surface area contributed by atoms with Gasteiger partial charge >= 0.3 is 0 Å². The Bertz CT molecular complexity index is 136. The van der Waals surface area contributed by atoms with Gasteiger partial charge in [0.05, 0.1) is 0 Å². The quantitative estimate of drug-likeness (QED) is 0.411. The Morgan fingerprint density at radius 2 is 1.91 bits per heavy atom. The smallest absolute Gasteiger partial charge is 0.0280 e. The Hall–Kier alpha value is -0.260. The van der Waals surface area contributed by atoms with Gasteiger partial charge in [0.15, 0.2) is 0 Å². The maximum absolute atomic E-state index is 2.31. The molecule has 1 saturated carbocycles. The van der Waals surface area contributed by atoms with Crippen LogP contribution in [0.1, 0.15) is 58.8 Å². The summed E-state index contributed by atoms with van der Waals surface area (Å²) >= 11 is 0. The second-order valence-electron chi connectivity index (χ2n) is 3.69. The predicted molar refractivity (Wildman–Crippen MR) is 50.7 cm³/mol. The lowest BCUT2D eigenvalue weighted by Crippen LogP contribution is -1.79. The Kier molecular flexibility index (Phi) is 3.68. The maximum Gasteiger partial charge on any atom is -0.0280 e. The normalized spacial score (nSPS) is 15.3. The van der Waals surface area contributed by atoms with Crippen LogP contribution in [0.5, 0.6) is 0 Å². The molecule has 64 valence electrons. The van der Waals surface area contributed by atoms with Crippen LogP contribution in [0.25, 0.3) is 0 Å². The summed E-state index contributed by atoms with van der Waals surface area (Å²) in [4.78, 5) is 0. The van der Waals surface area contributed by atoms with Gasteiger partial charge in [-0.15, -0.1) is 0 Å². The van der Waals surface area contributed by atoms with Gasteiger partial charge in [0.25, 0.3) is 0 Å². The average Bonchev–Trinajstić information content (AvgIpc) is 2.79. The van der Waals surface area contributed by atoms with Crippen molar-refractivity contribution in [3.05, 3.63) is 11.1 Å². The first-order valence-electron chi connectivity index (χ1n) is 5.02. The van der Waals surface area contributed by atoms with Crippen molar-refractivity contribution >= 4 is 0 Å². The van der Waals surface area contributed by atoms with Crippen LogP contribution in [0, 0.1) is 0 Å². The second-order valence-corrected chi connectivity index (χ2v) is 3.69. The van der Waals surface area contributed by atoms with Gasteiger partial charge in [0.2, 0.25) is 0 Å². The molecule has 0 heterocycles. The average molecular weight is 152 g/mol. The standard InChI is InChI=1S/C11H20/c1-3-4-5-6-7-10(2)11-8-9-11/h3-9H2,1-2H3. The molecular weight excluding hydrogens is 132 g/mol. The van der Waals surface area contributed by atoms with Crippen molar-refractivity contribution in [2.24, 2.45) is 0 Å². The Morgan fingerprint density at radius 1 is 1.18 bits per heavy atom. The van der Waals surface area contributed by atoms with E-state index < -0.39 is 0 Å². The van der Waals surface area contributed by atoms with E-state index in [1.54, 1.807) is 11.1 Å². The van der Waals surface area contributed by atoms with E-state index in [-0.39, 0.29) is 0 Å². The van der Waals surface area contributed by atoms with E-state index in [4.69, 9.17) is 0 Å². The molecule has 0 bridgehead atoms. The third-order valence-corrected chi connectivity index (χ3v) is 2.51. The lowest BCUT2D eigenvalue weighted by Gasteiger charge is -1.99. The molecule has 11 heavy (non-hydrogen) atoms. The van der Waals surface area contributed by atoms with Crippen molar-refractivity contribution in [1.82, 2.24) is 0 Å². The van der Waals surface area contributed by atoms with Gasteiger partial charge in [-0.3, -0.25) is 0 Å². The highest BCUT2D eigenvalue weighted by Crippen LogP contribution is 2.33. The predicted octanol–water partition coefficient (Wildman–Crippen LogP) is 4.07. The third kappa shape index (κ3) is 3.60. The Labute approximate surface area is 70.7 Å². The number of unbranched alkanes of at least 4 members (excludes halogenated alkanes) is 3. The molecule has 0 heteroatoms. The van der Waals surface area contributed by atoms with E-state index >= 15 is 0 Å². The number of hydrogen-bond donors (Lipinski definition) is 0. The van der Waals surface area contributed by atoms with Crippen LogP contribution in [-0.2, 0) is 0 Å². The second kappa shape index (κ2) is 4.58. The van der Waals surface area contributed by atoms with Gasteiger partial charge in [0.1, 0.15) is 0 Å². The van der Waals surface area contributed by atoms with Crippen LogP contribution in [0.2, 0.25) is 0 Å². The fourth-order valence-electron chi connectivity index (χ4n) is 1.48. The molecule has 0 N–H and O–H groups in total. The summed E-state index contributed by atoms with van der Waals surface area (Å²) in [6.45, 7) is 4.58. The molecule has 0 aromatic rings. The first-order chi connectivity index (χ1) is 5.34. The molecule has 0 unspecified atom stereocenters. The van der Waals surface area contributed by atoms with E-state index in [2.05, 4.69) is 13.8 Å². The fraction of sp³-hybridized carbons (Fsp3) is 0.818. The zero-order valence-corrected chi connectivity index (χ0v) is 7.95. The summed E-state index contributed by atoms with van der Waals surface area (Å²) < 4.78 is 0. The van der Waals surface area contributed by atoms with Crippen molar-refractivity contribution in [2.45, 2.75) is 58.8 Å². The summed E-state index contributed by atoms with van der Waals surface area (Å²) in [5.74, 6) is 0.